The lowest BCUT2D eigenvalue weighted by Gasteiger charge is -2.12. The normalized spacial score (nSPS) is 10.2. The van der Waals surface area contributed by atoms with Crippen LogP contribution in [0.15, 0.2) is 24.3 Å². The summed E-state index contributed by atoms with van der Waals surface area (Å²) in [6.07, 6.45) is 0. The maximum absolute atomic E-state index is 5.40. The van der Waals surface area contributed by atoms with Gasteiger partial charge in [-0.2, -0.15) is 0 Å². The summed E-state index contributed by atoms with van der Waals surface area (Å²) in [5.41, 5.74) is 1.76. The van der Waals surface area contributed by atoms with Gasteiger partial charge in [0.05, 0.1) is 19.9 Å². The van der Waals surface area contributed by atoms with Crippen molar-refractivity contribution in [3.63, 3.8) is 0 Å². The van der Waals surface area contributed by atoms with Gasteiger partial charge in [0.2, 0.25) is 0 Å². The van der Waals surface area contributed by atoms with Crippen molar-refractivity contribution in [1.29, 1.82) is 0 Å². The summed E-state index contributed by atoms with van der Waals surface area (Å²) in [7, 11) is 3.23. The molecule has 0 saturated carbocycles. The van der Waals surface area contributed by atoms with E-state index in [2.05, 4.69) is 9.97 Å². The summed E-state index contributed by atoms with van der Waals surface area (Å²) in [4.78, 5) is 7.32. The molecule has 1 aromatic heterocycles. The maximum Gasteiger partial charge on any atom is 0.170 e. The smallest absolute Gasteiger partial charge is 0.170 e. The largest absolute Gasteiger partial charge is 0.493 e. The molecular weight excluding hydrogens is 248 g/mol. The molecule has 18 heavy (non-hydrogen) atoms. The average molecular weight is 262 g/mol. The van der Waals surface area contributed by atoms with Gasteiger partial charge in [0, 0.05) is 5.56 Å². The van der Waals surface area contributed by atoms with Crippen LogP contribution in [0.5, 0.6) is 11.5 Å². The van der Waals surface area contributed by atoms with E-state index < -0.39 is 0 Å². The molecule has 1 N–H and O–H groups in total. The first-order valence-corrected chi connectivity index (χ1v) is 5.86. The van der Waals surface area contributed by atoms with Crippen molar-refractivity contribution < 1.29 is 9.47 Å². The van der Waals surface area contributed by atoms with Crippen LogP contribution in [-0.4, -0.2) is 24.2 Å². The number of H-pyrrole nitrogens is 1. The third-order valence-electron chi connectivity index (χ3n) is 2.55. The van der Waals surface area contributed by atoms with Crippen LogP contribution >= 0.6 is 12.2 Å². The zero-order chi connectivity index (χ0) is 13.1. The van der Waals surface area contributed by atoms with Gasteiger partial charge in [-0.3, -0.25) is 0 Å². The Bertz CT molecular complexity index is 623. The third-order valence-corrected chi connectivity index (χ3v) is 2.76. The highest BCUT2D eigenvalue weighted by atomic mass is 32.1. The van der Waals surface area contributed by atoms with Crippen LogP contribution in [0.1, 0.15) is 5.82 Å². The van der Waals surface area contributed by atoms with Gasteiger partial charge in [0.15, 0.2) is 11.5 Å². The molecule has 0 unspecified atom stereocenters. The number of nitrogens with one attached hydrogen (secondary N) is 1. The number of methoxy groups -OCH3 is 2. The number of benzene rings is 1. The van der Waals surface area contributed by atoms with Crippen LogP contribution in [0.4, 0.5) is 0 Å². The minimum atomic E-state index is 0.547. The van der Waals surface area contributed by atoms with Crippen molar-refractivity contribution in [3.05, 3.63) is 34.7 Å². The Morgan fingerprint density at radius 2 is 2.00 bits per heavy atom. The van der Waals surface area contributed by atoms with Gasteiger partial charge in [0.25, 0.3) is 0 Å². The summed E-state index contributed by atoms with van der Waals surface area (Å²) in [5.74, 6) is 2.13. The fourth-order valence-corrected chi connectivity index (χ4v) is 2.08. The van der Waals surface area contributed by atoms with Gasteiger partial charge in [-0.05, 0) is 25.1 Å². The molecule has 0 aliphatic rings. The Morgan fingerprint density at radius 3 is 2.61 bits per heavy atom. The molecule has 0 fully saturated rings. The Labute approximate surface area is 111 Å². The molecule has 2 aromatic rings. The monoisotopic (exact) mass is 262 g/mol. The lowest BCUT2D eigenvalue weighted by molar-refractivity contribution is 0.356. The predicted octanol–water partition coefficient (Wildman–Crippen LogP) is 3.13. The van der Waals surface area contributed by atoms with Gasteiger partial charge in [-0.1, -0.05) is 18.3 Å². The lowest BCUT2D eigenvalue weighted by Crippen LogP contribution is -1.96. The van der Waals surface area contributed by atoms with Crippen LogP contribution in [0.25, 0.3) is 11.3 Å². The minimum Gasteiger partial charge on any atom is -0.493 e. The molecule has 5 heteroatoms. The van der Waals surface area contributed by atoms with Gasteiger partial charge in [-0.25, -0.2) is 4.98 Å². The minimum absolute atomic E-state index is 0.547. The van der Waals surface area contributed by atoms with Crippen molar-refractivity contribution in [2.24, 2.45) is 0 Å². The number of aromatic nitrogens is 2. The van der Waals surface area contributed by atoms with E-state index in [-0.39, 0.29) is 0 Å². The highest BCUT2D eigenvalue weighted by Crippen LogP contribution is 2.36. The third kappa shape index (κ3) is 2.36. The highest BCUT2D eigenvalue weighted by Gasteiger charge is 2.12. The molecule has 0 atom stereocenters. The van der Waals surface area contributed by atoms with Gasteiger partial charge < -0.3 is 14.5 Å². The molecule has 0 bridgehead atoms. The van der Waals surface area contributed by atoms with E-state index in [1.54, 1.807) is 20.3 Å². The fourth-order valence-electron chi connectivity index (χ4n) is 1.82. The van der Waals surface area contributed by atoms with E-state index in [0.29, 0.717) is 16.1 Å². The van der Waals surface area contributed by atoms with Crippen molar-refractivity contribution in [2.75, 3.05) is 14.2 Å². The average Bonchev–Trinajstić information content (AvgIpc) is 2.36. The van der Waals surface area contributed by atoms with Crippen LogP contribution in [0.2, 0.25) is 0 Å². The zero-order valence-corrected chi connectivity index (χ0v) is 11.3. The first-order valence-electron chi connectivity index (χ1n) is 5.45. The topological polar surface area (TPSA) is 47.1 Å². The van der Waals surface area contributed by atoms with E-state index in [9.17, 15) is 0 Å². The zero-order valence-electron chi connectivity index (χ0n) is 10.5. The molecule has 4 nitrogen and oxygen atoms in total. The number of aromatic amines is 1. The number of aryl methyl sites for hydroxylation is 1. The summed E-state index contributed by atoms with van der Waals surface area (Å²) >= 11 is 5.12. The quantitative estimate of drug-likeness (QED) is 0.863. The summed E-state index contributed by atoms with van der Waals surface area (Å²) in [6, 6.07) is 7.51. The lowest BCUT2D eigenvalue weighted by atomic mass is 10.1. The number of hydrogen-bond donors (Lipinski definition) is 1. The Balaban J connectivity index is 2.66. The van der Waals surface area contributed by atoms with Crippen LogP contribution in [-0.2, 0) is 0 Å². The van der Waals surface area contributed by atoms with E-state index in [4.69, 9.17) is 21.7 Å². The highest BCUT2D eigenvalue weighted by molar-refractivity contribution is 7.71. The van der Waals surface area contributed by atoms with Gasteiger partial charge >= 0.3 is 0 Å². The SMILES string of the molecule is COc1cccc(-c2cc(=S)nc(C)[nH]2)c1OC. The molecule has 0 radical (unpaired) electrons. The first-order chi connectivity index (χ1) is 8.65. The van der Waals surface area contributed by atoms with Crippen LogP contribution in [0.3, 0.4) is 0 Å². The Morgan fingerprint density at radius 1 is 1.22 bits per heavy atom. The van der Waals surface area contributed by atoms with Crippen molar-refractivity contribution in [3.8, 4) is 22.8 Å². The molecule has 0 spiro atoms. The van der Waals surface area contributed by atoms with Crippen LogP contribution < -0.4 is 9.47 Å². The second-order valence-corrected chi connectivity index (χ2v) is 4.18. The van der Waals surface area contributed by atoms with Crippen molar-refractivity contribution >= 4 is 12.2 Å². The summed E-state index contributed by atoms with van der Waals surface area (Å²) in [6.45, 7) is 1.87. The number of rotatable bonds is 3. The second-order valence-electron chi connectivity index (χ2n) is 3.76. The molecule has 94 valence electrons. The maximum atomic E-state index is 5.40. The number of nitrogens with zero attached hydrogens (tertiary/aromatic N) is 1. The molecule has 0 aliphatic heterocycles. The predicted molar refractivity (Wildman–Crippen MR) is 72.7 cm³/mol. The fraction of sp³-hybridized carbons (Fsp3) is 0.231. The van der Waals surface area contributed by atoms with E-state index in [1.165, 1.54) is 0 Å². The second kappa shape index (κ2) is 5.18. The van der Waals surface area contributed by atoms with E-state index >= 15 is 0 Å². The molecule has 0 aliphatic carbocycles. The van der Waals surface area contributed by atoms with Crippen molar-refractivity contribution in [1.82, 2.24) is 9.97 Å². The van der Waals surface area contributed by atoms with Crippen molar-refractivity contribution in [2.45, 2.75) is 6.92 Å². The summed E-state index contributed by atoms with van der Waals surface area (Å²) < 4.78 is 11.2. The molecule has 1 aromatic carbocycles. The standard InChI is InChI=1S/C13H14N2O2S/c1-8-14-10(7-12(18)15-8)9-5-4-6-11(16-2)13(9)17-3/h4-7H,1-3H3,(H,14,15,18). The molecule has 0 amide bonds. The molecular formula is C13H14N2O2S. The molecule has 2 rings (SSSR count). The Kier molecular flexibility index (Phi) is 3.62. The summed E-state index contributed by atoms with van der Waals surface area (Å²) in [5, 5.41) is 0. The van der Waals surface area contributed by atoms with E-state index in [1.807, 2.05) is 25.1 Å². The molecule has 0 saturated heterocycles. The van der Waals surface area contributed by atoms with Crippen LogP contribution in [0, 0.1) is 11.6 Å². The first kappa shape index (κ1) is 12.6. The number of ether oxygens (including phenoxy) is 2. The number of hydrogen-bond acceptors (Lipinski definition) is 4. The molecule has 1 heterocycles. The Hall–Kier alpha value is -1.88. The van der Waals surface area contributed by atoms with E-state index in [0.717, 1.165) is 17.1 Å². The van der Waals surface area contributed by atoms with Gasteiger partial charge in [0.1, 0.15) is 10.5 Å². The number of para-hydroxylation sites is 1. The van der Waals surface area contributed by atoms with Gasteiger partial charge in [-0.15, -0.1) is 0 Å².